The van der Waals surface area contributed by atoms with Crippen LogP contribution in [-0.2, 0) is 6.42 Å². The fraction of sp³-hybridized carbons (Fsp3) is 0.312. The van der Waals surface area contributed by atoms with Gasteiger partial charge in [-0.1, -0.05) is 32.9 Å². The molecule has 2 rings (SSSR count). The Bertz CT molecular complexity index is 547. The molecule has 1 aromatic heterocycles. The number of hydrogen-bond donors (Lipinski definition) is 0. The maximum Gasteiger partial charge on any atom is 0.123 e. The van der Waals surface area contributed by atoms with E-state index in [1.54, 1.807) is 12.1 Å². The smallest absolute Gasteiger partial charge is 0.123 e. The molecule has 0 bridgehead atoms. The van der Waals surface area contributed by atoms with Gasteiger partial charge >= 0.3 is 0 Å². The van der Waals surface area contributed by atoms with Crippen molar-refractivity contribution in [1.82, 2.24) is 4.98 Å². The number of nitrogens with zero attached hydrogens (tertiary/aromatic N) is 1. The van der Waals surface area contributed by atoms with E-state index in [2.05, 4.69) is 31.8 Å². The largest absolute Gasteiger partial charge is 0.260 e. The van der Waals surface area contributed by atoms with E-state index in [9.17, 15) is 4.39 Å². The van der Waals surface area contributed by atoms with Gasteiger partial charge in [0.05, 0.1) is 0 Å². The zero-order chi connectivity index (χ0) is 13.1. The first kappa shape index (κ1) is 12.7. The Labute approximate surface area is 108 Å². The van der Waals surface area contributed by atoms with Gasteiger partial charge in [-0.25, -0.2) is 4.39 Å². The van der Waals surface area contributed by atoms with Gasteiger partial charge < -0.3 is 0 Å². The summed E-state index contributed by atoms with van der Waals surface area (Å²) in [6.45, 7) is 6.37. The minimum Gasteiger partial charge on any atom is -0.260 e. The Morgan fingerprint density at radius 1 is 1.22 bits per heavy atom. The highest BCUT2D eigenvalue weighted by Gasteiger charge is 2.08. The van der Waals surface area contributed by atoms with Crippen molar-refractivity contribution in [3.8, 4) is 11.1 Å². The second-order valence-corrected chi connectivity index (χ2v) is 4.78. The zero-order valence-electron chi connectivity index (χ0n) is 11.1. The fourth-order valence-electron chi connectivity index (χ4n) is 2.04. The van der Waals surface area contributed by atoms with Gasteiger partial charge in [-0.05, 0) is 41.7 Å². The predicted octanol–water partition coefficient (Wildman–Crippen LogP) is 4.57. The number of halogens is 1. The van der Waals surface area contributed by atoms with E-state index in [1.807, 2.05) is 12.3 Å². The van der Waals surface area contributed by atoms with Gasteiger partial charge in [-0.2, -0.15) is 0 Å². The summed E-state index contributed by atoms with van der Waals surface area (Å²) in [5, 5.41) is 0. The SMILES string of the molecule is CCc1cc(C(C)C)ncc1-c1cccc(F)c1. The third-order valence-electron chi connectivity index (χ3n) is 3.12. The Morgan fingerprint density at radius 3 is 2.61 bits per heavy atom. The first-order valence-electron chi connectivity index (χ1n) is 6.36. The molecule has 2 aromatic rings. The molecule has 0 saturated heterocycles. The van der Waals surface area contributed by atoms with Crippen LogP contribution in [0.2, 0.25) is 0 Å². The first-order chi connectivity index (χ1) is 8.61. The number of aryl methyl sites for hydroxylation is 1. The minimum absolute atomic E-state index is 0.206. The van der Waals surface area contributed by atoms with Gasteiger partial charge in [0.2, 0.25) is 0 Å². The molecule has 0 saturated carbocycles. The zero-order valence-corrected chi connectivity index (χ0v) is 11.1. The lowest BCUT2D eigenvalue weighted by Gasteiger charge is -2.12. The van der Waals surface area contributed by atoms with Crippen LogP contribution in [0, 0.1) is 5.82 Å². The maximum absolute atomic E-state index is 13.3. The van der Waals surface area contributed by atoms with Crippen LogP contribution in [0.15, 0.2) is 36.5 Å². The van der Waals surface area contributed by atoms with E-state index in [4.69, 9.17) is 0 Å². The molecular formula is C16H18FN. The van der Waals surface area contributed by atoms with Crippen molar-refractivity contribution in [3.63, 3.8) is 0 Å². The molecule has 2 heteroatoms. The summed E-state index contributed by atoms with van der Waals surface area (Å²) in [5.41, 5.74) is 4.24. The average molecular weight is 243 g/mol. The first-order valence-corrected chi connectivity index (χ1v) is 6.36. The summed E-state index contributed by atoms with van der Waals surface area (Å²) < 4.78 is 13.3. The Balaban J connectivity index is 2.51. The Hall–Kier alpha value is -1.70. The maximum atomic E-state index is 13.3. The normalized spacial score (nSPS) is 10.9. The summed E-state index contributed by atoms with van der Waals surface area (Å²) in [5.74, 6) is 0.208. The van der Waals surface area contributed by atoms with E-state index in [-0.39, 0.29) is 5.82 Å². The minimum atomic E-state index is -0.206. The molecule has 0 N–H and O–H groups in total. The second kappa shape index (κ2) is 5.30. The monoisotopic (exact) mass is 243 g/mol. The van der Waals surface area contributed by atoms with E-state index < -0.39 is 0 Å². The number of aromatic nitrogens is 1. The van der Waals surface area contributed by atoms with Gasteiger partial charge in [-0.15, -0.1) is 0 Å². The number of pyridine rings is 1. The highest BCUT2D eigenvalue weighted by Crippen LogP contribution is 2.26. The van der Waals surface area contributed by atoms with Crippen molar-refractivity contribution >= 4 is 0 Å². The van der Waals surface area contributed by atoms with E-state index >= 15 is 0 Å². The summed E-state index contributed by atoms with van der Waals surface area (Å²) in [6, 6.07) is 8.82. The second-order valence-electron chi connectivity index (χ2n) is 4.78. The van der Waals surface area contributed by atoms with Crippen LogP contribution in [0.4, 0.5) is 4.39 Å². The van der Waals surface area contributed by atoms with Crippen molar-refractivity contribution < 1.29 is 4.39 Å². The van der Waals surface area contributed by atoms with Gasteiger partial charge in [0.1, 0.15) is 5.82 Å². The van der Waals surface area contributed by atoms with Crippen LogP contribution in [0.3, 0.4) is 0 Å². The Morgan fingerprint density at radius 2 is 2.00 bits per heavy atom. The summed E-state index contributed by atoms with van der Waals surface area (Å²) in [7, 11) is 0. The standard InChI is InChI=1S/C16H18FN/c1-4-12-9-16(11(2)3)18-10-15(12)13-6-5-7-14(17)8-13/h5-11H,4H2,1-3H3. The van der Waals surface area contributed by atoms with E-state index in [1.165, 1.54) is 11.6 Å². The molecule has 0 unspecified atom stereocenters. The van der Waals surface area contributed by atoms with Crippen LogP contribution in [-0.4, -0.2) is 4.98 Å². The third-order valence-corrected chi connectivity index (χ3v) is 3.12. The van der Waals surface area contributed by atoms with Gasteiger partial charge in [0, 0.05) is 17.5 Å². The number of hydrogen-bond acceptors (Lipinski definition) is 1. The number of benzene rings is 1. The molecule has 1 aromatic carbocycles. The molecule has 0 radical (unpaired) electrons. The van der Waals surface area contributed by atoms with Crippen molar-refractivity contribution in [2.24, 2.45) is 0 Å². The lowest BCUT2D eigenvalue weighted by Crippen LogP contribution is -1.97. The van der Waals surface area contributed by atoms with Crippen LogP contribution < -0.4 is 0 Å². The number of rotatable bonds is 3. The summed E-state index contributed by atoms with van der Waals surface area (Å²) >= 11 is 0. The molecule has 18 heavy (non-hydrogen) atoms. The highest BCUT2D eigenvalue weighted by atomic mass is 19.1. The molecule has 0 fully saturated rings. The molecule has 0 atom stereocenters. The van der Waals surface area contributed by atoms with Crippen molar-refractivity contribution in [3.05, 3.63) is 53.6 Å². The van der Waals surface area contributed by atoms with Crippen LogP contribution in [0.5, 0.6) is 0 Å². The van der Waals surface area contributed by atoms with Crippen LogP contribution >= 0.6 is 0 Å². The van der Waals surface area contributed by atoms with E-state index in [0.29, 0.717) is 5.92 Å². The molecule has 0 aliphatic rings. The molecule has 94 valence electrons. The molecule has 1 heterocycles. The van der Waals surface area contributed by atoms with Gasteiger partial charge in [-0.3, -0.25) is 4.98 Å². The van der Waals surface area contributed by atoms with Crippen molar-refractivity contribution in [2.75, 3.05) is 0 Å². The third kappa shape index (κ3) is 2.58. The van der Waals surface area contributed by atoms with Gasteiger partial charge in [0.25, 0.3) is 0 Å². The molecule has 0 spiro atoms. The molecule has 1 nitrogen and oxygen atoms in total. The summed E-state index contributed by atoms with van der Waals surface area (Å²) in [6.07, 6.45) is 2.79. The fourth-order valence-corrected chi connectivity index (χ4v) is 2.04. The van der Waals surface area contributed by atoms with Gasteiger partial charge in [0.15, 0.2) is 0 Å². The lowest BCUT2D eigenvalue weighted by atomic mass is 9.97. The van der Waals surface area contributed by atoms with Crippen LogP contribution in [0.25, 0.3) is 11.1 Å². The van der Waals surface area contributed by atoms with E-state index in [0.717, 1.165) is 23.2 Å². The van der Waals surface area contributed by atoms with Crippen molar-refractivity contribution in [1.29, 1.82) is 0 Å². The van der Waals surface area contributed by atoms with Crippen LogP contribution in [0.1, 0.15) is 37.9 Å². The topological polar surface area (TPSA) is 12.9 Å². The summed E-state index contributed by atoms with van der Waals surface area (Å²) in [4.78, 5) is 4.47. The lowest BCUT2D eigenvalue weighted by molar-refractivity contribution is 0.628. The predicted molar refractivity (Wildman–Crippen MR) is 73.1 cm³/mol. The molecular weight excluding hydrogens is 225 g/mol. The molecule has 0 aliphatic carbocycles. The quantitative estimate of drug-likeness (QED) is 0.769. The molecule has 0 aliphatic heterocycles. The average Bonchev–Trinajstić information content (AvgIpc) is 2.37. The highest BCUT2D eigenvalue weighted by molar-refractivity contribution is 5.66. The van der Waals surface area contributed by atoms with Crippen molar-refractivity contribution in [2.45, 2.75) is 33.1 Å². The Kier molecular flexibility index (Phi) is 3.75. The molecule has 0 amide bonds.